The van der Waals surface area contributed by atoms with Gasteiger partial charge in [0.15, 0.2) is 11.7 Å². The molecule has 1 aromatic heterocycles. The smallest absolute Gasteiger partial charge is 0.310 e. The van der Waals surface area contributed by atoms with E-state index in [1.165, 1.54) is 0 Å². The van der Waals surface area contributed by atoms with Gasteiger partial charge in [0, 0.05) is 12.1 Å². The predicted molar refractivity (Wildman–Crippen MR) is 110 cm³/mol. The minimum absolute atomic E-state index is 0.00425. The lowest BCUT2D eigenvalue weighted by Crippen LogP contribution is -2.21. The van der Waals surface area contributed by atoms with Crippen LogP contribution < -0.4 is 5.32 Å². The first-order valence-electron chi connectivity index (χ1n) is 8.70. The standard InChI is InChI=1S/C19H15N3O7S2/c23-16(12-29-17(24)10-13-4-2-1-3-5-13)21-19-20-11-18(30-19)31(27,28)15-8-6-14(7-9-15)22(25)26/h1-9,11H,10,12H2,(H,20,21,23). The summed E-state index contributed by atoms with van der Waals surface area (Å²) in [5.41, 5.74) is 0.506. The molecular formula is C19H15N3O7S2. The summed E-state index contributed by atoms with van der Waals surface area (Å²) < 4.78 is 30.0. The van der Waals surface area contributed by atoms with Crippen LogP contribution >= 0.6 is 11.3 Å². The SMILES string of the molecule is O=C(COC(=O)Cc1ccccc1)Nc1ncc(S(=O)(=O)c2ccc([N+](=O)[O-])cc2)s1. The van der Waals surface area contributed by atoms with Crippen molar-refractivity contribution in [2.45, 2.75) is 15.5 Å². The summed E-state index contributed by atoms with van der Waals surface area (Å²) in [6.45, 7) is -0.546. The van der Waals surface area contributed by atoms with E-state index in [1.54, 1.807) is 24.3 Å². The maximum Gasteiger partial charge on any atom is 0.310 e. The Labute approximate surface area is 180 Å². The lowest BCUT2D eigenvalue weighted by molar-refractivity contribution is -0.384. The van der Waals surface area contributed by atoms with Gasteiger partial charge in [-0.3, -0.25) is 25.0 Å². The van der Waals surface area contributed by atoms with Crippen molar-refractivity contribution in [2.24, 2.45) is 0 Å². The molecule has 0 spiro atoms. The van der Waals surface area contributed by atoms with Gasteiger partial charge in [0.05, 0.1) is 22.4 Å². The minimum Gasteiger partial charge on any atom is -0.455 e. The van der Waals surface area contributed by atoms with Crippen molar-refractivity contribution in [3.05, 3.63) is 76.5 Å². The van der Waals surface area contributed by atoms with Crippen LogP contribution in [0.15, 0.2) is 69.9 Å². The first-order chi connectivity index (χ1) is 14.8. The summed E-state index contributed by atoms with van der Waals surface area (Å²) in [5, 5.41) is 13.1. The van der Waals surface area contributed by atoms with Crippen molar-refractivity contribution in [3.8, 4) is 0 Å². The topological polar surface area (TPSA) is 146 Å². The maximum absolute atomic E-state index is 12.6. The van der Waals surface area contributed by atoms with Crippen LogP contribution in [0, 0.1) is 10.1 Å². The van der Waals surface area contributed by atoms with E-state index in [0.717, 1.165) is 36.0 Å². The highest BCUT2D eigenvalue weighted by Crippen LogP contribution is 2.29. The van der Waals surface area contributed by atoms with E-state index in [4.69, 9.17) is 4.74 Å². The molecule has 0 radical (unpaired) electrons. The van der Waals surface area contributed by atoms with Crippen LogP contribution in [0.25, 0.3) is 0 Å². The number of carbonyl (C=O) groups is 2. The quantitative estimate of drug-likeness (QED) is 0.306. The first kappa shape index (κ1) is 22.1. The van der Waals surface area contributed by atoms with Crippen molar-refractivity contribution in [2.75, 3.05) is 11.9 Å². The summed E-state index contributed by atoms with van der Waals surface area (Å²) in [7, 11) is -3.96. The Morgan fingerprint density at radius 1 is 1.10 bits per heavy atom. The third-order valence-corrected chi connectivity index (χ3v) is 7.05. The monoisotopic (exact) mass is 461 g/mol. The molecule has 31 heavy (non-hydrogen) atoms. The summed E-state index contributed by atoms with van der Waals surface area (Å²) in [4.78, 5) is 37.5. The average molecular weight is 461 g/mol. The van der Waals surface area contributed by atoms with Crippen molar-refractivity contribution in [3.63, 3.8) is 0 Å². The molecule has 1 heterocycles. The number of ether oxygens (including phenoxy) is 1. The normalized spacial score (nSPS) is 11.0. The van der Waals surface area contributed by atoms with Gasteiger partial charge in [0.25, 0.3) is 11.6 Å². The lowest BCUT2D eigenvalue weighted by atomic mass is 10.2. The third kappa shape index (κ3) is 5.71. The van der Waals surface area contributed by atoms with E-state index < -0.39 is 33.2 Å². The number of nitro groups is 1. The molecular weight excluding hydrogens is 446 g/mol. The number of hydrogen-bond acceptors (Lipinski definition) is 9. The highest BCUT2D eigenvalue weighted by Gasteiger charge is 2.22. The second kappa shape index (κ2) is 9.45. The lowest BCUT2D eigenvalue weighted by Gasteiger charge is -2.05. The average Bonchev–Trinajstić information content (AvgIpc) is 3.22. The minimum atomic E-state index is -3.96. The predicted octanol–water partition coefficient (Wildman–Crippen LogP) is 2.61. The number of nitrogens with one attached hydrogen (secondary N) is 1. The van der Waals surface area contributed by atoms with Gasteiger partial charge in [0.1, 0.15) is 4.21 Å². The van der Waals surface area contributed by atoms with E-state index in [1.807, 2.05) is 6.07 Å². The molecule has 0 aliphatic heterocycles. The number of aromatic nitrogens is 1. The zero-order valence-corrected chi connectivity index (χ0v) is 17.4. The van der Waals surface area contributed by atoms with Crippen molar-refractivity contribution in [1.82, 2.24) is 4.98 Å². The van der Waals surface area contributed by atoms with Gasteiger partial charge >= 0.3 is 5.97 Å². The van der Waals surface area contributed by atoms with Gasteiger partial charge < -0.3 is 4.74 Å². The molecule has 12 heteroatoms. The Balaban J connectivity index is 1.58. The molecule has 0 atom stereocenters. The molecule has 0 aliphatic rings. The summed E-state index contributed by atoms with van der Waals surface area (Å²) >= 11 is 0.705. The number of carbonyl (C=O) groups excluding carboxylic acids is 2. The van der Waals surface area contributed by atoms with Gasteiger partial charge in [0.2, 0.25) is 9.84 Å². The number of rotatable bonds is 8. The summed E-state index contributed by atoms with van der Waals surface area (Å²) in [6, 6.07) is 13.3. The molecule has 2 aromatic carbocycles. The van der Waals surface area contributed by atoms with Crippen LogP contribution in [0.5, 0.6) is 0 Å². The van der Waals surface area contributed by atoms with E-state index in [0.29, 0.717) is 11.3 Å². The zero-order valence-electron chi connectivity index (χ0n) is 15.8. The fraction of sp³-hybridized carbons (Fsp3) is 0.105. The van der Waals surface area contributed by atoms with Crippen LogP contribution in [0.3, 0.4) is 0 Å². The van der Waals surface area contributed by atoms with Crippen molar-refractivity contribution >= 4 is 43.9 Å². The van der Waals surface area contributed by atoms with Gasteiger partial charge in [-0.25, -0.2) is 13.4 Å². The second-order valence-corrected chi connectivity index (χ2v) is 9.32. The number of non-ortho nitro benzene ring substituents is 1. The Hall–Kier alpha value is -3.64. The first-order valence-corrected chi connectivity index (χ1v) is 11.0. The fourth-order valence-electron chi connectivity index (χ4n) is 2.42. The van der Waals surface area contributed by atoms with E-state index in [2.05, 4.69) is 10.3 Å². The second-order valence-electron chi connectivity index (χ2n) is 6.11. The Morgan fingerprint density at radius 3 is 2.42 bits per heavy atom. The molecule has 3 aromatic rings. The Kier molecular flexibility index (Phi) is 6.72. The molecule has 0 saturated carbocycles. The number of nitrogens with zero attached hydrogens (tertiary/aromatic N) is 2. The van der Waals surface area contributed by atoms with Crippen LogP contribution in [0.2, 0.25) is 0 Å². The molecule has 0 aliphatic carbocycles. The molecule has 0 fully saturated rings. The van der Waals surface area contributed by atoms with E-state index >= 15 is 0 Å². The van der Waals surface area contributed by atoms with Crippen molar-refractivity contribution in [1.29, 1.82) is 0 Å². The number of hydrogen-bond donors (Lipinski definition) is 1. The number of sulfone groups is 1. The van der Waals surface area contributed by atoms with Crippen LogP contribution in [-0.4, -0.2) is 36.8 Å². The fourth-order valence-corrected chi connectivity index (χ4v) is 4.87. The van der Waals surface area contributed by atoms with Gasteiger partial charge in [-0.2, -0.15) is 0 Å². The molecule has 0 bridgehead atoms. The van der Waals surface area contributed by atoms with E-state index in [-0.39, 0.29) is 26.3 Å². The number of esters is 1. The van der Waals surface area contributed by atoms with Crippen LogP contribution in [0.1, 0.15) is 5.56 Å². The van der Waals surface area contributed by atoms with E-state index in [9.17, 15) is 28.1 Å². The number of nitro benzene ring substituents is 1. The van der Waals surface area contributed by atoms with Gasteiger partial charge in [-0.1, -0.05) is 41.7 Å². The molecule has 1 N–H and O–H groups in total. The van der Waals surface area contributed by atoms with Gasteiger partial charge in [-0.05, 0) is 17.7 Å². The molecule has 3 rings (SSSR count). The molecule has 0 unspecified atom stereocenters. The molecule has 1 amide bonds. The Morgan fingerprint density at radius 2 is 1.77 bits per heavy atom. The largest absolute Gasteiger partial charge is 0.455 e. The van der Waals surface area contributed by atoms with Crippen LogP contribution in [0.4, 0.5) is 10.8 Å². The zero-order chi connectivity index (χ0) is 22.4. The molecule has 10 nitrogen and oxygen atoms in total. The molecule has 160 valence electrons. The van der Waals surface area contributed by atoms with Crippen molar-refractivity contribution < 1.29 is 27.7 Å². The highest BCUT2D eigenvalue weighted by atomic mass is 32.2. The third-order valence-electron chi connectivity index (χ3n) is 3.91. The maximum atomic E-state index is 12.6. The number of benzene rings is 2. The van der Waals surface area contributed by atoms with Gasteiger partial charge in [-0.15, -0.1) is 0 Å². The highest BCUT2D eigenvalue weighted by molar-refractivity contribution is 7.93. The number of thiazole rings is 1. The Bertz CT molecular complexity index is 1210. The number of anilines is 1. The summed E-state index contributed by atoms with van der Waals surface area (Å²) in [6.07, 6.45) is 1.08. The number of amides is 1. The molecule has 0 saturated heterocycles. The summed E-state index contributed by atoms with van der Waals surface area (Å²) in [5.74, 6) is -1.25. The van der Waals surface area contributed by atoms with Crippen LogP contribution in [-0.2, 0) is 30.6 Å².